The Morgan fingerprint density at radius 3 is 2.33 bits per heavy atom. The third-order valence-corrected chi connectivity index (χ3v) is 6.40. The van der Waals surface area contributed by atoms with E-state index in [1.807, 2.05) is 48.9 Å². The summed E-state index contributed by atoms with van der Waals surface area (Å²) >= 11 is 0. The number of likely N-dealkylation sites (tertiary alicyclic amines) is 1. The van der Waals surface area contributed by atoms with E-state index in [0.29, 0.717) is 6.54 Å². The van der Waals surface area contributed by atoms with E-state index < -0.39 is 0 Å². The number of rotatable bonds is 6. The third-order valence-electron chi connectivity index (χ3n) is 6.40. The highest BCUT2D eigenvalue weighted by Crippen LogP contribution is 2.37. The molecule has 1 aliphatic carbocycles. The molecule has 3 amide bonds. The van der Waals surface area contributed by atoms with Crippen LogP contribution < -0.4 is 5.32 Å². The lowest BCUT2D eigenvalue weighted by Crippen LogP contribution is -2.35. The topological polar surface area (TPSA) is 84.3 Å². The van der Waals surface area contributed by atoms with Crippen LogP contribution in [0.15, 0.2) is 30.3 Å². The number of imide groups is 1. The summed E-state index contributed by atoms with van der Waals surface area (Å²) in [6.07, 6.45) is 3.72. The molecule has 2 heterocycles. The normalized spacial score (nSPS) is 21.1. The van der Waals surface area contributed by atoms with E-state index in [9.17, 15) is 14.4 Å². The van der Waals surface area contributed by atoms with Gasteiger partial charge >= 0.3 is 0 Å². The van der Waals surface area contributed by atoms with Crippen LogP contribution in [0.25, 0.3) is 5.69 Å². The molecular weight excluding hydrogens is 380 g/mol. The van der Waals surface area contributed by atoms with Crippen molar-refractivity contribution in [2.75, 3.05) is 6.54 Å². The number of aromatic nitrogens is 2. The molecule has 7 heteroatoms. The van der Waals surface area contributed by atoms with E-state index in [2.05, 4.69) is 10.4 Å². The Kier molecular flexibility index (Phi) is 5.70. The predicted molar refractivity (Wildman–Crippen MR) is 112 cm³/mol. The molecule has 2 aromatic rings. The number of carbonyl (C=O) groups excluding carboxylic acids is 3. The van der Waals surface area contributed by atoms with Gasteiger partial charge in [-0.3, -0.25) is 19.3 Å². The first-order valence-corrected chi connectivity index (χ1v) is 10.7. The standard InChI is InChI=1S/C23H28N4O3/c1-15-20(16(2)27(25-15)17-8-4-3-5-9-17)14-24-21(28)12-13-26-22(29)18-10-6-7-11-19(18)23(26)30/h3-5,8-9,18-19H,6-7,10-14H2,1-2H3,(H,24,28)/t18-,19+. The molecule has 4 rings (SSSR count). The van der Waals surface area contributed by atoms with Crippen molar-refractivity contribution in [1.82, 2.24) is 20.0 Å². The molecule has 158 valence electrons. The Hall–Kier alpha value is -2.96. The van der Waals surface area contributed by atoms with E-state index in [1.165, 1.54) is 4.90 Å². The number of nitrogens with one attached hydrogen (secondary N) is 1. The molecular formula is C23H28N4O3. The SMILES string of the molecule is Cc1nn(-c2ccccc2)c(C)c1CNC(=O)CCN1C(=O)[C@H]2CCCC[C@H]2C1=O. The lowest BCUT2D eigenvalue weighted by atomic mass is 9.81. The second-order valence-corrected chi connectivity index (χ2v) is 8.25. The maximum Gasteiger partial charge on any atom is 0.233 e. The highest BCUT2D eigenvalue weighted by Gasteiger charge is 2.47. The van der Waals surface area contributed by atoms with Gasteiger partial charge in [-0.1, -0.05) is 31.0 Å². The number of carbonyl (C=O) groups is 3. The molecule has 1 aromatic carbocycles. The van der Waals surface area contributed by atoms with Gasteiger partial charge < -0.3 is 5.32 Å². The van der Waals surface area contributed by atoms with Crippen molar-refractivity contribution >= 4 is 17.7 Å². The molecule has 2 aliphatic rings. The molecule has 1 saturated heterocycles. The number of aryl methyl sites for hydroxylation is 1. The molecule has 2 fully saturated rings. The Morgan fingerprint density at radius 1 is 1.07 bits per heavy atom. The van der Waals surface area contributed by atoms with Crippen LogP contribution in [0.1, 0.15) is 49.1 Å². The van der Waals surface area contributed by atoms with Gasteiger partial charge in [0.15, 0.2) is 0 Å². The zero-order chi connectivity index (χ0) is 21.3. The number of fused-ring (bicyclic) bond motifs is 1. The van der Waals surface area contributed by atoms with Crippen molar-refractivity contribution in [1.29, 1.82) is 0 Å². The van der Waals surface area contributed by atoms with Crippen LogP contribution in [-0.2, 0) is 20.9 Å². The second-order valence-electron chi connectivity index (χ2n) is 8.25. The van der Waals surface area contributed by atoms with Crippen molar-refractivity contribution in [3.63, 3.8) is 0 Å². The zero-order valence-electron chi connectivity index (χ0n) is 17.6. The van der Waals surface area contributed by atoms with E-state index in [-0.39, 0.29) is 42.5 Å². The van der Waals surface area contributed by atoms with Gasteiger partial charge in [0.1, 0.15) is 0 Å². The molecule has 1 N–H and O–H groups in total. The van der Waals surface area contributed by atoms with Crippen molar-refractivity contribution in [2.45, 2.75) is 52.5 Å². The van der Waals surface area contributed by atoms with Crippen LogP contribution in [0.5, 0.6) is 0 Å². The Morgan fingerprint density at radius 2 is 1.70 bits per heavy atom. The molecule has 0 bridgehead atoms. The van der Waals surface area contributed by atoms with E-state index >= 15 is 0 Å². The highest BCUT2D eigenvalue weighted by atomic mass is 16.2. The molecule has 0 spiro atoms. The van der Waals surface area contributed by atoms with Crippen molar-refractivity contribution in [2.24, 2.45) is 11.8 Å². The van der Waals surface area contributed by atoms with E-state index in [1.54, 1.807) is 0 Å². The van der Waals surface area contributed by atoms with Crippen LogP contribution in [0.2, 0.25) is 0 Å². The molecule has 1 saturated carbocycles. The summed E-state index contributed by atoms with van der Waals surface area (Å²) < 4.78 is 1.88. The number of hydrogen-bond donors (Lipinski definition) is 1. The maximum atomic E-state index is 12.5. The van der Waals surface area contributed by atoms with Gasteiger partial charge in [0, 0.05) is 30.8 Å². The van der Waals surface area contributed by atoms with Crippen molar-refractivity contribution < 1.29 is 14.4 Å². The fourth-order valence-electron chi connectivity index (χ4n) is 4.69. The smallest absolute Gasteiger partial charge is 0.233 e. The minimum atomic E-state index is -0.170. The molecule has 2 atom stereocenters. The van der Waals surface area contributed by atoms with Crippen LogP contribution >= 0.6 is 0 Å². The Labute approximate surface area is 176 Å². The minimum Gasteiger partial charge on any atom is -0.352 e. The number of benzene rings is 1. The molecule has 30 heavy (non-hydrogen) atoms. The third kappa shape index (κ3) is 3.76. The van der Waals surface area contributed by atoms with Gasteiger partial charge in [0.25, 0.3) is 0 Å². The van der Waals surface area contributed by atoms with Gasteiger partial charge in [-0.05, 0) is 38.8 Å². The largest absolute Gasteiger partial charge is 0.352 e. The monoisotopic (exact) mass is 408 g/mol. The summed E-state index contributed by atoms with van der Waals surface area (Å²) in [5.74, 6) is -0.676. The van der Waals surface area contributed by atoms with Gasteiger partial charge in [0.05, 0.1) is 23.2 Å². The quantitative estimate of drug-likeness (QED) is 0.745. The van der Waals surface area contributed by atoms with Crippen LogP contribution in [0.3, 0.4) is 0 Å². The van der Waals surface area contributed by atoms with Crippen molar-refractivity contribution in [3.05, 3.63) is 47.3 Å². The van der Waals surface area contributed by atoms with Gasteiger partial charge in [-0.25, -0.2) is 4.68 Å². The predicted octanol–water partition coefficient (Wildman–Crippen LogP) is 2.67. The van der Waals surface area contributed by atoms with E-state index in [4.69, 9.17) is 0 Å². The number of hydrogen-bond acceptors (Lipinski definition) is 4. The van der Waals surface area contributed by atoms with E-state index in [0.717, 1.165) is 48.3 Å². The van der Waals surface area contributed by atoms with Crippen molar-refractivity contribution in [3.8, 4) is 5.69 Å². The zero-order valence-corrected chi connectivity index (χ0v) is 17.6. The van der Waals surface area contributed by atoms with Crippen LogP contribution in [-0.4, -0.2) is 38.9 Å². The number of para-hydroxylation sites is 1. The molecule has 0 unspecified atom stereocenters. The van der Waals surface area contributed by atoms with Gasteiger partial charge in [0.2, 0.25) is 17.7 Å². The molecule has 7 nitrogen and oxygen atoms in total. The Balaban J connectivity index is 1.34. The van der Waals surface area contributed by atoms with Crippen LogP contribution in [0, 0.1) is 25.7 Å². The summed E-state index contributed by atoms with van der Waals surface area (Å²) in [6.45, 7) is 4.45. The minimum absolute atomic E-state index is 0.0895. The fourth-order valence-corrected chi connectivity index (χ4v) is 4.69. The maximum absolute atomic E-state index is 12.5. The lowest BCUT2D eigenvalue weighted by molar-refractivity contribution is -0.140. The summed E-state index contributed by atoms with van der Waals surface area (Å²) in [4.78, 5) is 38.8. The Bertz CT molecular complexity index is 942. The fraction of sp³-hybridized carbons (Fsp3) is 0.478. The number of nitrogens with zero attached hydrogens (tertiary/aromatic N) is 3. The first kappa shape index (κ1) is 20.3. The molecule has 1 aromatic heterocycles. The lowest BCUT2D eigenvalue weighted by Gasteiger charge is -2.19. The summed E-state index contributed by atoms with van der Waals surface area (Å²) in [7, 11) is 0. The average Bonchev–Trinajstić information content (AvgIpc) is 3.18. The summed E-state index contributed by atoms with van der Waals surface area (Å²) in [6, 6.07) is 9.86. The molecule has 1 aliphatic heterocycles. The average molecular weight is 409 g/mol. The first-order chi connectivity index (χ1) is 14.5. The van der Waals surface area contributed by atoms with Crippen LogP contribution in [0.4, 0.5) is 0 Å². The number of amides is 3. The second kappa shape index (κ2) is 8.42. The van der Waals surface area contributed by atoms with Gasteiger partial charge in [-0.15, -0.1) is 0 Å². The highest BCUT2D eigenvalue weighted by molar-refractivity contribution is 6.05. The summed E-state index contributed by atoms with van der Waals surface area (Å²) in [5.41, 5.74) is 3.80. The molecule has 0 radical (unpaired) electrons. The van der Waals surface area contributed by atoms with Gasteiger partial charge in [-0.2, -0.15) is 5.10 Å². The first-order valence-electron chi connectivity index (χ1n) is 10.7. The summed E-state index contributed by atoms with van der Waals surface area (Å²) in [5, 5.41) is 7.52.